The lowest BCUT2D eigenvalue weighted by Crippen LogP contribution is -2.54. The Morgan fingerprint density at radius 3 is 2.43 bits per heavy atom. The van der Waals surface area contributed by atoms with Crippen molar-refractivity contribution in [3.8, 4) is 0 Å². The second kappa shape index (κ2) is 7.82. The first-order valence-corrected chi connectivity index (χ1v) is 10.5. The van der Waals surface area contributed by atoms with E-state index < -0.39 is 17.4 Å². The minimum absolute atomic E-state index is 0.0950. The van der Waals surface area contributed by atoms with Gasteiger partial charge in [0.15, 0.2) is 0 Å². The van der Waals surface area contributed by atoms with Gasteiger partial charge in [0, 0.05) is 31.7 Å². The molecule has 4 rings (SSSR count). The molecule has 1 N–H and O–H groups in total. The standard InChI is InChI=1S/C23H25ClF2N2O2/c1-22(25,26)14-16-6-8-17(9-7-16)28-13-11-23(21(28)30)10-12-27(15-20(23)29)19-5-3-2-4-18(19)24/h2-9,20,29H,10-15H2,1H3. The number of aliphatic hydroxyl groups is 1. The third kappa shape index (κ3) is 3.91. The number of aliphatic hydroxyl groups excluding tert-OH is 1. The summed E-state index contributed by atoms with van der Waals surface area (Å²) in [4.78, 5) is 17.0. The Morgan fingerprint density at radius 1 is 1.13 bits per heavy atom. The topological polar surface area (TPSA) is 43.8 Å². The van der Waals surface area contributed by atoms with Gasteiger partial charge in [-0.25, -0.2) is 8.78 Å². The van der Waals surface area contributed by atoms with E-state index in [1.54, 1.807) is 29.2 Å². The molecule has 160 valence electrons. The average Bonchev–Trinajstić information content (AvgIpc) is 3.01. The molecule has 2 fully saturated rings. The molecule has 2 heterocycles. The molecule has 2 aromatic carbocycles. The summed E-state index contributed by atoms with van der Waals surface area (Å²) in [5.41, 5.74) is 1.26. The number of hydrogen-bond donors (Lipinski definition) is 1. The Hall–Kier alpha value is -2.18. The van der Waals surface area contributed by atoms with Crippen molar-refractivity contribution in [3.63, 3.8) is 0 Å². The smallest absolute Gasteiger partial charge is 0.249 e. The van der Waals surface area contributed by atoms with Crippen molar-refractivity contribution in [2.75, 3.05) is 29.4 Å². The van der Waals surface area contributed by atoms with Crippen LogP contribution in [-0.2, 0) is 11.2 Å². The van der Waals surface area contributed by atoms with Crippen LogP contribution in [0.4, 0.5) is 20.2 Å². The van der Waals surface area contributed by atoms with Crippen molar-refractivity contribution in [1.29, 1.82) is 0 Å². The molecule has 4 nitrogen and oxygen atoms in total. The van der Waals surface area contributed by atoms with Gasteiger partial charge in [0.2, 0.25) is 11.8 Å². The Labute approximate surface area is 180 Å². The zero-order valence-electron chi connectivity index (χ0n) is 16.8. The van der Waals surface area contributed by atoms with Gasteiger partial charge in [-0.2, -0.15) is 0 Å². The van der Waals surface area contributed by atoms with Crippen molar-refractivity contribution in [2.45, 2.75) is 38.2 Å². The highest BCUT2D eigenvalue weighted by atomic mass is 35.5. The van der Waals surface area contributed by atoms with E-state index in [2.05, 4.69) is 0 Å². The number of carbonyl (C=O) groups is 1. The molecule has 2 aromatic rings. The van der Waals surface area contributed by atoms with E-state index >= 15 is 0 Å². The molecule has 1 spiro atoms. The minimum Gasteiger partial charge on any atom is -0.390 e. The third-order valence-corrected chi connectivity index (χ3v) is 6.59. The molecule has 0 saturated carbocycles. The summed E-state index contributed by atoms with van der Waals surface area (Å²) in [7, 11) is 0. The monoisotopic (exact) mass is 434 g/mol. The maximum absolute atomic E-state index is 13.3. The fourth-order valence-electron chi connectivity index (χ4n) is 4.63. The predicted molar refractivity (Wildman–Crippen MR) is 114 cm³/mol. The number of carbonyl (C=O) groups excluding carboxylic acids is 1. The fourth-order valence-corrected chi connectivity index (χ4v) is 4.89. The fraction of sp³-hybridized carbons (Fsp3) is 0.435. The van der Waals surface area contributed by atoms with Gasteiger partial charge < -0.3 is 14.9 Å². The SMILES string of the molecule is CC(F)(F)Cc1ccc(N2CCC3(CCN(c4ccccc4Cl)CC3O)C2=O)cc1. The van der Waals surface area contributed by atoms with Crippen LogP contribution in [0.25, 0.3) is 0 Å². The summed E-state index contributed by atoms with van der Waals surface area (Å²) in [6.45, 7) is 2.37. The number of piperidine rings is 1. The lowest BCUT2D eigenvalue weighted by atomic mass is 9.74. The highest BCUT2D eigenvalue weighted by Crippen LogP contribution is 2.44. The Morgan fingerprint density at radius 2 is 1.80 bits per heavy atom. The molecular formula is C23H25ClF2N2O2. The minimum atomic E-state index is -2.77. The molecule has 2 atom stereocenters. The van der Waals surface area contributed by atoms with Crippen LogP contribution in [0.3, 0.4) is 0 Å². The number of para-hydroxylation sites is 1. The second-order valence-electron chi connectivity index (χ2n) is 8.44. The summed E-state index contributed by atoms with van der Waals surface area (Å²) >= 11 is 6.30. The van der Waals surface area contributed by atoms with Crippen LogP contribution in [-0.4, -0.2) is 42.7 Å². The lowest BCUT2D eigenvalue weighted by molar-refractivity contribution is -0.133. The van der Waals surface area contributed by atoms with Crippen LogP contribution < -0.4 is 9.80 Å². The molecule has 2 saturated heterocycles. The molecule has 7 heteroatoms. The Balaban J connectivity index is 1.48. The lowest BCUT2D eigenvalue weighted by Gasteiger charge is -2.43. The number of alkyl halides is 2. The molecule has 2 aliphatic rings. The van der Waals surface area contributed by atoms with Crippen LogP contribution >= 0.6 is 11.6 Å². The van der Waals surface area contributed by atoms with Gasteiger partial charge in [0.25, 0.3) is 0 Å². The van der Waals surface area contributed by atoms with Crippen LogP contribution in [0, 0.1) is 5.41 Å². The summed E-state index contributed by atoms with van der Waals surface area (Å²) in [5.74, 6) is -2.86. The van der Waals surface area contributed by atoms with Crippen LogP contribution in [0.5, 0.6) is 0 Å². The van der Waals surface area contributed by atoms with Crippen molar-refractivity contribution in [2.24, 2.45) is 5.41 Å². The highest BCUT2D eigenvalue weighted by molar-refractivity contribution is 6.33. The molecule has 0 radical (unpaired) electrons. The first-order valence-electron chi connectivity index (χ1n) is 10.2. The number of benzene rings is 2. The van der Waals surface area contributed by atoms with Gasteiger partial charge in [-0.1, -0.05) is 35.9 Å². The molecule has 1 amide bonds. The molecule has 0 aromatic heterocycles. The number of β-amino-alcohol motifs (C(OH)–C–C–N with tert-alkyl or cyclic N) is 1. The van der Waals surface area contributed by atoms with Crippen molar-refractivity contribution in [1.82, 2.24) is 0 Å². The number of anilines is 2. The maximum atomic E-state index is 13.3. The van der Waals surface area contributed by atoms with E-state index in [1.807, 2.05) is 29.2 Å². The zero-order valence-corrected chi connectivity index (χ0v) is 17.6. The molecule has 0 bridgehead atoms. The van der Waals surface area contributed by atoms with E-state index in [4.69, 9.17) is 11.6 Å². The van der Waals surface area contributed by atoms with Gasteiger partial charge in [-0.15, -0.1) is 0 Å². The largest absolute Gasteiger partial charge is 0.390 e. The van der Waals surface area contributed by atoms with Crippen molar-refractivity contribution in [3.05, 3.63) is 59.1 Å². The van der Waals surface area contributed by atoms with Crippen molar-refractivity contribution >= 4 is 28.9 Å². The van der Waals surface area contributed by atoms with E-state index in [1.165, 1.54) is 0 Å². The third-order valence-electron chi connectivity index (χ3n) is 6.27. The normalized spacial score (nSPS) is 24.7. The van der Waals surface area contributed by atoms with Gasteiger partial charge in [-0.3, -0.25) is 4.79 Å². The van der Waals surface area contributed by atoms with Crippen LogP contribution in [0.1, 0.15) is 25.3 Å². The number of hydrogen-bond acceptors (Lipinski definition) is 3. The Kier molecular flexibility index (Phi) is 5.49. The van der Waals surface area contributed by atoms with E-state index in [0.717, 1.165) is 12.6 Å². The maximum Gasteiger partial charge on any atom is 0.249 e. The average molecular weight is 435 g/mol. The van der Waals surface area contributed by atoms with Gasteiger partial charge in [-0.05, 0) is 49.6 Å². The Bertz CT molecular complexity index is 932. The zero-order chi connectivity index (χ0) is 21.5. The highest BCUT2D eigenvalue weighted by Gasteiger charge is 2.54. The first kappa shape index (κ1) is 21.1. The van der Waals surface area contributed by atoms with Crippen LogP contribution in [0.2, 0.25) is 5.02 Å². The number of rotatable bonds is 4. The van der Waals surface area contributed by atoms with Crippen molar-refractivity contribution < 1.29 is 18.7 Å². The molecular weight excluding hydrogens is 410 g/mol. The number of nitrogens with zero attached hydrogens (tertiary/aromatic N) is 2. The molecule has 30 heavy (non-hydrogen) atoms. The summed E-state index contributed by atoms with van der Waals surface area (Å²) in [5, 5.41) is 11.6. The van der Waals surface area contributed by atoms with Crippen LogP contribution in [0.15, 0.2) is 48.5 Å². The summed E-state index contributed by atoms with van der Waals surface area (Å²) in [6, 6.07) is 14.2. The first-order chi connectivity index (χ1) is 14.2. The van der Waals surface area contributed by atoms with E-state index in [9.17, 15) is 18.7 Å². The van der Waals surface area contributed by atoms with Gasteiger partial charge >= 0.3 is 0 Å². The summed E-state index contributed by atoms with van der Waals surface area (Å²) < 4.78 is 26.5. The molecule has 0 aliphatic carbocycles. The van der Waals surface area contributed by atoms with E-state index in [-0.39, 0.29) is 12.3 Å². The van der Waals surface area contributed by atoms with Gasteiger partial charge in [0.05, 0.1) is 22.2 Å². The number of amides is 1. The molecule has 2 aliphatic heterocycles. The molecule has 2 unspecified atom stereocenters. The van der Waals surface area contributed by atoms with Gasteiger partial charge in [0.1, 0.15) is 0 Å². The quantitative estimate of drug-likeness (QED) is 0.768. The van der Waals surface area contributed by atoms with E-state index in [0.29, 0.717) is 48.7 Å². The second-order valence-corrected chi connectivity index (χ2v) is 8.85. The predicted octanol–water partition coefficient (Wildman–Crippen LogP) is 4.53. The summed E-state index contributed by atoms with van der Waals surface area (Å²) in [6.07, 6.45) is -0.0347. The number of halogens is 3.